The largest absolute Gasteiger partial charge is 0.162 e. The molecule has 1 saturated heterocycles. The Hall–Kier alpha value is 1.05. The van der Waals surface area contributed by atoms with Crippen molar-refractivity contribution in [3.8, 4) is 0 Å². The first-order valence-corrected chi connectivity index (χ1v) is 4.77. The average Bonchev–Trinajstić information content (AvgIpc) is 1.78. The summed E-state index contributed by atoms with van der Waals surface area (Å²) >= 11 is 10.8. The SMILES string of the molecule is CC1(S)CCC(C)(S)S1. The molecule has 1 heterocycles. The number of hydrogen-bond acceptors (Lipinski definition) is 3. The van der Waals surface area contributed by atoms with Gasteiger partial charge in [-0.25, -0.2) is 0 Å². The van der Waals surface area contributed by atoms with E-state index in [9.17, 15) is 0 Å². The van der Waals surface area contributed by atoms with Crippen LogP contribution in [0, 0.1) is 0 Å². The van der Waals surface area contributed by atoms with E-state index < -0.39 is 0 Å². The van der Waals surface area contributed by atoms with Crippen molar-refractivity contribution in [3.05, 3.63) is 0 Å². The Balaban J connectivity index is 2.58. The number of thioether (sulfide) groups is 1. The Kier molecular flexibility index (Phi) is 2.06. The Morgan fingerprint density at radius 1 is 1.11 bits per heavy atom. The van der Waals surface area contributed by atoms with Gasteiger partial charge in [0.05, 0.1) is 8.16 Å². The first kappa shape index (κ1) is 8.15. The lowest BCUT2D eigenvalue weighted by molar-refractivity contribution is 0.730. The molecule has 0 bridgehead atoms. The third-order valence-corrected chi connectivity index (χ3v) is 3.78. The van der Waals surface area contributed by atoms with E-state index >= 15 is 0 Å². The molecule has 1 fully saturated rings. The van der Waals surface area contributed by atoms with Gasteiger partial charge in [-0.05, 0) is 26.7 Å². The van der Waals surface area contributed by atoms with Gasteiger partial charge in [0.2, 0.25) is 0 Å². The molecule has 1 aliphatic heterocycles. The topological polar surface area (TPSA) is 0 Å². The Morgan fingerprint density at radius 2 is 1.44 bits per heavy atom. The minimum Gasteiger partial charge on any atom is -0.162 e. The van der Waals surface area contributed by atoms with Gasteiger partial charge in [-0.1, -0.05) is 0 Å². The molecule has 0 aromatic rings. The summed E-state index contributed by atoms with van der Waals surface area (Å²) in [5.41, 5.74) is 0. The van der Waals surface area contributed by atoms with Crippen LogP contribution in [0.4, 0.5) is 0 Å². The summed E-state index contributed by atoms with van der Waals surface area (Å²) in [4.78, 5) is 0. The third kappa shape index (κ3) is 2.28. The zero-order chi connectivity index (χ0) is 7.12. The maximum absolute atomic E-state index is 4.48. The van der Waals surface area contributed by atoms with Gasteiger partial charge in [0, 0.05) is 0 Å². The maximum atomic E-state index is 4.48. The van der Waals surface area contributed by atoms with Gasteiger partial charge in [0.1, 0.15) is 0 Å². The summed E-state index contributed by atoms with van der Waals surface area (Å²) in [6, 6.07) is 0. The van der Waals surface area contributed by atoms with Crippen LogP contribution in [0.15, 0.2) is 0 Å². The van der Waals surface area contributed by atoms with Crippen molar-refractivity contribution < 1.29 is 0 Å². The molecule has 2 unspecified atom stereocenters. The van der Waals surface area contributed by atoms with Gasteiger partial charge in [-0.15, -0.1) is 11.8 Å². The average molecular weight is 180 g/mol. The van der Waals surface area contributed by atoms with Crippen LogP contribution in [-0.4, -0.2) is 8.16 Å². The molecule has 0 saturated carbocycles. The lowest BCUT2D eigenvalue weighted by Crippen LogP contribution is -2.07. The molecule has 9 heavy (non-hydrogen) atoms. The number of thiol groups is 2. The molecule has 0 amide bonds. The molecule has 0 N–H and O–H groups in total. The number of rotatable bonds is 0. The van der Waals surface area contributed by atoms with E-state index in [2.05, 4.69) is 39.1 Å². The Labute approximate surface area is 72.0 Å². The maximum Gasteiger partial charge on any atom is 0.0568 e. The standard InChI is InChI=1S/C6H12S3/c1-5(7)3-4-6(2,8)9-5/h7-8H,3-4H2,1-2H3. The van der Waals surface area contributed by atoms with E-state index in [1.165, 1.54) is 12.8 Å². The molecule has 1 aliphatic rings. The first-order chi connectivity index (χ1) is 3.91. The molecular weight excluding hydrogens is 168 g/mol. The summed E-state index contributed by atoms with van der Waals surface area (Å²) in [6.07, 6.45) is 2.33. The van der Waals surface area contributed by atoms with E-state index in [-0.39, 0.29) is 8.16 Å². The molecule has 3 heteroatoms. The van der Waals surface area contributed by atoms with Crippen LogP contribution in [0.5, 0.6) is 0 Å². The van der Waals surface area contributed by atoms with Crippen molar-refractivity contribution in [2.45, 2.75) is 34.8 Å². The van der Waals surface area contributed by atoms with Gasteiger partial charge in [0.15, 0.2) is 0 Å². The zero-order valence-electron chi connectivity index (χ0n) is 5.72. The van der Waals surface area contributed by atoms with Crippen molar-refractivity contribution in [2.75, 3.05) is 0 Å². The third-order valence-electron chi connectivity index (χ3n) is 1.49. The Morgan fingerprint density at radius 3 is 1.56 bits per heavy atom. The summed E-state index contributed by atoms with van der Waals surface area (Å²) in [7, 11) is 0. The zero-order valence-corrected chi connectivity index (χ0v) is 8.32. The van der Waals surface area contributed by atoms with E-state index in [1.807, 2.05) is 11.8 Å². The lowest BCUT2D eigenvalue weighted by atomic mass is 10.2. The molecule has 54 valence electrons. The second-order valence-corrected chi connectivity index (χ2v) is 7.54. The minimum absolute atomic E-state index is 0.163. The monoisotopic (exact) mass is 180 g/mol. The molecule has 0 aromatic heterocycles. The highest BCUT2D eigenvalue weighted by Gasteiger charge is 2.38. The van der Waals surface area contributed by atoms with E-state index in [0.717, 1.165) is 0 Å². The van der Waals surface area contributed by atoms with Crippen LogP contribution < -0.4 is 0 Å². The van der Waals surface area contributed by atoms with Crippen LogP contribution in [0.25, 0.3) is 0 Å². The second kappa shape index (κ2) is 2.28. The highest BCUT2D eigenvalue weighted by atomic mass is 32.2. The van der Waals surface area contributed by atoms with Crippen LogP contribution in [0.2, 0.25) is 0 Å². The van der Waals surface area contributed by atoms with Crippen molar-refractivity contribution in [1.82, 2.24) is 0 Å². The molecular formula is C6H12S3. The molecule has 0 aromatic carbocycles. The molecule has 0 spiro atoms. The van der Waals surface area contributed by atoms with Crippen molar-refractivity contribution in [2.24, 2.45) is 0 Å². The van der Waals surface area contributed by atoms with Crippen LogP contribution >= 0.6 is 37.0 Å². The normalized spacial score (nSPS) is 52.0. The van der Waals surface area contributed by atoms with Gasteiger partial charge in [-0.2, -0.15) is 25.3 Å². The predicted octanol–water partition coefficient (Wildman–Crippen LogP) is 2.81. The van der Waals surface area contributed by atoms with Gasteiger partial charge in [0.25, 0.3) is 0 Å². The summed E-state index contributed by atoms with van der Waals surface area (Å²) in [5.74, 6) is 0. The second-order valence-electron chi connectivity index (χ2n) is 2.95. The summed E-state index contributed by atoms with van der Waals surface area (Å²) in [6.45, 7) is 4.31. The number of hydrogen-bond donors (Lipinski definition) is 2. The van der Waals surface area contributed by atoms with E-state index in [0.29, 0.717) is 0 Å². The molecule has 0 aliphatic carbocycles. The molecule has 1 rings (SSSR count). The molecule has 0 nitrogen and oxygen atoms in total. The Bertz CT molecular complexity index is 103. The predicted molar refractivity (Wildman–Crippen MR) is 51.6 cm³/mol. The minimum atomic E-state index is 0.163. The fourth-order valence-corrected chi connectivity index (χ4v) is 4.04. The molecule has 2 atom stereocenters. The van der Waals surface area contributed by atoms with Crippen molar-refractivity contribution >= 4 is 37.0 Å². The summed E-state index contributed by atoms with van der Waals surface area (Å²) in [5, 5.41) is 0. The highest BCUT2D eigenvalue weighted by Crippen LogP contribution is 2.53. The quantitative estimate of drug-likeness (QED) is 0.541. The van der Waals surface area contributed by atoms with Crippen LogP contribution in [0.1, 0.15) is 26.7 Å². The van der Waals surface area contributed by atoms with Gasteiger partial charge < -0.3 is 0 Å². The van der Waals surface area contributed by atoms with Crippen molar-refractivity contribution in [1.29, 1.82) is 0 Å². The lowest BCUT2D eigenvalue weighted by Gasteiger charge is -2.19. The highest BCUT2D eigenvalue weighted by molar-refractivity contribution is 8.19. The molecule has 0 radical (unpaired) electrons. The van der Waals surface area contributed by atoms with Crippen LogP contribution in [-0.2, 0) is 0 Å². The van der Waals surface area contributed by atoms with E-state index in [1.54, 1.807) is 0 Å². The smallest absolute Gasteiger partial charge is 0.0568 e. The fraction of sp³-hybridized carbons (Fsp3) is 1.00. The van der Waals surface area contributed by atoms with Crippen LogP contribution in [0.3, 0.4) is 0 Å². The van der Waals surface area contributed by atoms with Gasteiger partial charge >= 0.3 is 0 Å². The van der Waals surface area contributed by atoms with Crippen molar-refractivity contribution in [3.63, 3.8) is 0 Å². The van der Waals surface area contributed by atoms with Gasteiger partial charge in [-0.3, -0.25) is 0 Å². The van der Waals surface area contributed by atoms with E-state index in [4.69, 9.17) is 0 Å². The summed E-state index contributed by atoms with van der Waals surface area (Å²) < 4.78 is 0.326. The fourth-order valence-electron chi connectivity index (χ4n) is 1.04. The first-order valence-electron chi connectivity index (χ1n) is 3.06.